The van der Waals surface area contributed by atoms with Crippen LogP contribution in [0.3, 0.4) is 0 Å². The van der Waals surface area contributed by atoms with Crippen LogP contribution in [0.2, 0.25) is 0 Å². The van der Waals surface area contributed by atoms with Crippen LogP contribution in [0.5, 0.6) is 0 Å². The Bertz CT molecular complexity index is 3990. The number of nitrogens with zero attached hydrogens (tertiary/aromatic N) is 4. The van der Waals surface area contributed by atoms with E-state index in [2.05, 4.69) is 223 Å². The first-order chi connectivity index (χ1) is 33.2. The Hall–Kier alpha value is -8.99. The van der Waals surface area contributed by atoms with Crippen molar-refractivity contribution in [2.75, 3.05) is 0 Å². The monoisotopic (exact) mass is 852 g/mol. The van der Waals surface area contributed by atoms with Crippen LogP contribution in [-0.2, 0) is 0 Å². The van der Waals surface area contributed by atoms with Gasteiger partial charge in [0.05, 0.1) is 33.6 Å². The van der Waals surface area contributed by atoms with Gasteiger partial charge in [-0.15, -0.1) is 0 Å². The molecular weight excluding hydrogens is 813 g/mol. The van der Waals surface area contributed by atoms with Gasteiger partial charge in [-0.25, -0.2) is 15.0 Å². The zero-order chi connectivity index (χ0) is 44.3. The van der Waals surface area contributed by atoms with Crippen molar-refractivity contribution in [2.24, 2.45) is 0 Å². The lowest BCUT2D eigenvalue weighted by Gasteiger charge is -2.13. The van der Waals surface area contributed by atoms with Gasteiger partial charge >= 0.3 is 0 Å². The highest BCUT2D eigenvalue weighted by Gasteiger charge is 2.21. The van der Waals surface area contributed by atoms with Crippen LogP contribution in [0.15, 0.2) is 243 Å². The molecule has 3 heterocycles. The lowest BCUT2D eigenvalue weighted by atomic mass is 9.94. The number of hydrogen-bond acceptors (Lipinski definition) is 3. The minimum atomic E-state index is 0.697. The number of rotatable bonds is 7. The molecule has 0 aliphatic carbocycles. The van der Waals surface area contributed by atoms with Gasteiger partial charge in [-0.2, -0.15) is 0 Å². The van der Waals surface area contributed by atoms with Crippen molar-refractivity contribution in [3.8, 4) is 73.1 Å². The molecule has 0 atom stereocenters. The van der Waals surface area contributed by atoms with Crippen molar-refractivity contribution in [2.45, 2.75) is 0 Å². The maximum Gasteiger partial charge on any atom is 0.160 e. The quantitative estimate of drug-likeness (QED) is 0.150. The highest BCUT2D eigenvalue weighted by molar-refractivity contribution is 6.28. The molecule has 0 unspecified atom stereocenters. The van der Waals surface area contributed by atoms with E-state index in [-0.39, 0.29) is 0 Å². The molecule has 67 heavy (non-hydrogen) atoms. The van der Waals surface area contributed by atoms with E-state index in [1.165, 1.54) is 38.1 Å². The number of fused-ring (bicyclic) bond motifs is 8. The molecule has 0 N–H and O–H groups in total. The molecule has 0 fully saturated rings. The molecule has 0 radical (unpaired) electrons. The third kappa shape index (κ3) is 6.74. The molecule has 13 aromatic rings. The lowest BCUT2D eigenvalue weighted by molar-refractivity contribution is 1.18. The SMILES string of the molecule is c1ccc(-c2ccc(-c3cc(-c4ccc(-c5ccc6c7c8c(-c9ccc%10ccccc%10c9)nc9ccccc9c8ccc7n(-c7ccccc7)c6c5)cc4)nc(-c4ccccc4)n3)cc2)cc1. The molecule has 312 valence electrons. The first-order valence-corrected chi connectivity index (χ1v) is 22.8. The Morgan fingerprint density at radius 2 is 0.821 bits per heavy atom. The summed E-state index contributed by atoms with van der Waals surface area (Å²) in [5, 5.41) is 8.30. The summed E-state index contributed by atoms with van der Waals surface area (Å²) in [5.41, 5.74) is 15.9. The molecule has 0 aliphatic rings. The topological polar surface area (TPSA) is 43.6 Å². The van der Waals surface area contributed by atoms with Crippen molar-refractivity contribution in [3.05, 3.63) is 243 Å². The van der Waals surface area contributed by atoms with Crippen molar-refractivity contribution in [1.29, 1.82) is 0 Å². The van der Waals surface area contributed by atoms with E-state index in [0.29, 0.717) is 5.82 Å². The van der Waals surface area contributed by atoms with E-state index in [1.54, 1.807) is 0 Å². The first kappa shape index (κ1) is 38.5. The fourth-order valence-corrected chi connectivity index (χ4v) is 9.89. The number of aromatic nitrogens is 4. The van der Waals surface area contributed by atoms with Crippen LogP contribution in [0, 0.1) is 0 Å². The fraction of sp³-hybridized carbons (Fsp3) is 0. The summed E-state index contributed by atoms with van der Waals surface area (Å²) in [5.74, 6) is 0.697. The smallest absolute Gasteiger partial charge is 0.160 e. The molecular formula is C63H40N4. The van der Waals surface area contributed by atoms with Gasteiger partial charge in [0.1, 0.15) is 0 Å². The van der Waals surface area contributed by atoms with Gasteiger partial charge in [-0.1, -0.05) is 200 Å². The van der Waals surface area contributed by atoms with Crippen LogP contribution in [0.1, 0.15) is 0 Å². The average Bonchev–Trinajstić information content (AvgIpc) is 3.75. The minimum Gasteiger partial charge on any atom is -0.309 e. The molecule has 13 rings (SSSR count). The number of pyridine rings is 1. The number of hydrogen-bond donors (Lipinski definition) is 0. The summed E-state index contributed by atoms with van der Waals surface area (Å²) >= 11 is 0. The van der Waals surface area contributed by atoms with Crippen LogP contribution < -0.4 is 0 Å². The fourth-order valence-electron chi connectivity index (χ4n) is 9.89. The van der Waals surface area contributed by atoms with E-state index in [4.69, 9.17) is 15.0 Å². The highest BCUT2D eigenvalue weighted by atomic mass is 15.0. The highest BCUT2D eigenvalue weighted by Crippen LogP contribution is 2.44. The van der Waals surface area contributed by atoms with E-state index < -0.39 is 0 Å². The van der Waals surface area contributed by atoms with Gasteiger partial charge in [0.25, 0.3) is 0 Å². The summed E-state index contributed by atoms with van der Waals surface area (Å²) in [4.78, 5) is 15.7. The second-order valence-corrected chi connectivity index (χ2v) is 17.2. The number of para-hydroxylation sites is 2. The predicted octanol–water partition coefficient (Wildman–Crippen LogP) is 16.4. The Kier molecular flexibility index (Phi) is 9.14. The van der Waals surface area contributed by atoms with Crippen molar-refractivity contribution >= 4 is 54.3 Å². The lowest BCUT2D eigenvalue weighted by Crippen LogP contribution is -1.96. The zero-order valence-corrected chi connectivity index (χ0v) is 36.4. The van der Waals surface area contributed by atoms with Gasteiger partial charge in [-0.05, 0) is 80.9 Å². The third-order valence-corrected chi connectivity index (χ3v) is 13.2. The second kappa shape index (κ2) is 15.9. The minimum absolute atomic E-state index is 0.697. The van der Waals surface area contributed by atoms with Gasteiger partial charge in [0, 0.05) is 49.5 Å². The molecule has 0 spiro atoms. The predicted molar refractivity (Wildman–Crippen MR) is 279 cm³/mol. The number of benzene rings is 10. The Morgan fingerprint density at radius 3 is 1.54 bits per heavy atom. The molecule has 0 saturated carbocycles. The Morgan fingerprint density at radius 1 is 0.284 bits per heavy atom. The van der Waals surface area contributed by atoms with Crippen molar-refractivity contribution in [3.63, 3.8) is 0 Å². The van der Waals surface area contributed by atoms with Gasteiger partial charge in [0.2, 0.25) is 0 Å². The molecule has 0 bridgehead atoms. The van der Waals surface area contributed by atoms with Crippen LogP contribution in [0.25, 0.3) is 127 Å². The van der Waals surface area contributed by atoms with E-state index >= 15 is 0 Å². The zero-order valence-electron chi connectivity index (χ0n) is 36.4. The van der Waals surface area contributed by atoms with Crippen LogP contribution in [0.4, 0.5) is 0 Å². The molecule has 4 heteroatoms. The maximum atomic E-state index is 5.46. The summed E-state index contributed by atoms with van der Waals surface area (Å²) in [7, 11) is 0. The maximum absolute atomic E-state index is 5.46. The van der Waals surface area contributed by atoms with Crippen LogP contribution in [-0.4, -0.2) is 19.5 Å². The molecule has 0 saturated heterocycles. The summed E-state index contributed by atoms with van der Waals surface area (Å²) in [6, 6.07) is 86.3. The largest absolute Gasteiger partial charge is 0.309 e. The molecule has 10 aromatic carbocycles. The molecule has 3 aromatic heterocycles. The van der Waals surface area contributed by atoms with Gasteiger partial charge in [0.15, 0.2) is 5.82 Å². The van der Waals surface area contributed by atoms with Crippen molar-refractivity contribution < 1.29 is 0 Å². The summed E-state index contributed by atoms with van der Waals surface area (Å²) in [6.07, 6.45) is 0. The van der Waals surface area contributed by atoms with E-state index in [0.717, 1.165) is 83.5 Å². The molecule has 0 amide bonds. The van der Waals surface area contributed by atoms with Gasteiger partial charge < -0.3 is 4.57 Å². The van der Waals surface area contributed by atoms with Crippen LogP contribution >= 0.6 is 0 Å². The first-order valence-electron chi connectivity index (χ1n) is 22.8. The molecule has 4 nitrogen and oxygen atoms in total. The van der Waals surface area contributed by atoms with E-state index in [1.807, 2.05) is 24.3 Å². The summed E-state index contributed by atoms with van der Waals surface area (Å²) < 4.78 is 2.42. The normalized spacial score (nSPS) is 11.6. The average molecular weight is 853 g/mol. The van der Waals surface area contributed by atoms with Crippen molar-refractivity contribution in [1.82, 2.24) is 19.5 Å². The van der Waals surface area contributed by atoms with E-state index in [9.17, 15) is 0 Å². The van der Waals surface area contributed by atoms with Gasteiger partial charge in [-0.3, -0.25) is 0 Å². The second-order valence-electron chi connectivity index (χ2n) is 17.2. The Balaban J connectivity index is 0.957. The standard InChI is InChI=1S/C63H40N4/c1-4-14-41(15-5-1)43-24-29-45(30-25-43)56-40-57(66-63(65-56)47-17-6-2-7-18-47)46-31-26-44(27-32-46)49-34-35-54-59(39-49)67(51-20-8-3-9-21-51)58-37-36-53-52-22-12-13-23-55(52)64-62(61(53)60(54)58)50-33-28-42-16-10-11-19-48(42)38-50/h1-40H. The third-order valence-electron chi connectivity index (χ3n) is 13.2. The summed E-state index contributed by atoms with van der Waals surface area (Å²) in [6.45, 7) is 0. The molecule has 0 aliphatic heterocycles. The Labute approximate surface area is 387 Å².